The van der Waals surface area contributed by atoms with Gasteiger partial charge < -0.3 is 4.74 Å². The van der Waals surface area contributed by atoms with Gasteiger partial charge in [-0.2, -0.15) is 5.10 Å². The molecule has 0 unspecified atom stereocenters. The van der Waals surface area contributed by atoms with E-state index in [0.717, 1.165) is 15.6 Å². The van der Waals surface area contributed by atoms with E-state index in [-0.39, 0.29) is 29.1 Å². The van der Waals surface area contributed by atoms with Gasteiger partial charge in [0.15, 0.2) is 0 Å². The fraction of sp³-hybridized carbons (Fsp3) is 0.263. The maximum absolute atomic E-state index is 12.5. The number of benzene rings is 1. The van der Waals surface area contributed by atoms with Gasteiger partial charge in [-0.1, -0.05) is 0 Å². The first kappa shape index (κ1) is 21.8. The largest absolute Gasteiger partial charge is 0.465 e. The maximum Gasteiger partial charge on any atom is 0.337 e. The number of carbonyl (C=O) groups is 1. The summed E-state index contributed by atoms with van der Waals surface area (Å²) in [7, 11) is -2.56. The topological polar surface area (TPSA) is 120 Å². The molecule has 0 radical (unpaired) electrons. The van der Waals surface area contributed by atoms with Gasteiger partial charge in [-0.05, 0) is 44.2 Å². The van der Waals surface area contributed by atoms with Crippen LogP contribution in [0.2, 0.25) is 0 Å². The van der Waals surface area contributed by atoms with Crippen molar-refractivity contribution in [3.05, 3.63) is 63.0 Å². The zero-order valence-electron chi connectivity index (χ0n) is 16.6. The molecule has 0 atom stereocenters. The molecule has 2 heterocycles. The van der Waals surface area contributed by atoms with E-state index >= 15 is 0 Å². The second-order valence-corrected chi connectivity index (χ2v) is 9.31. The van der Waals surface area contributed by atoms with Gasteiger partial charge in [-0.25, -0.2) is 27.6 Å². The molecule has 30 heavy (non-hydrogen) atoms. The Labute approximate surface area is 177 Å². The van der Waals surface area contributed by atoms with Gasteiger partial charge in [-0.15, -0.1) is 11.3 Å². The van der Waals surface area contributed by atoms with Crippen LogP contribution in [0.1, 0.15) is 21.1 Å². The number of carbonyl (C=O) groups excluding carboxylic acids is 1. The Kier molecular flexibility index (Phi) is 6.44. The van der Waals surface area contributed by atoms with Crippen molar-refractivity contribution in [1.82, 2.24) is 19.5 Å². The number of rotatable bonds is 7. The smallest absolute Gasteiger partial charge is 0.337 e. The Bertz CT molecular complexity index is 1230. The molecule has 0 bridgehead atoms. The average molecular weight is 449 g/mol. The van der Waals surface area contributed by atoms with Gasteiger partial charge in [0.05, 0.1) is 39.7 Å². The van der Waals surface area contributed by atoms with Gasteiger partial charge in [-0.3, -0.25) is 4.79 Å². The third-order valence-corrected chi connectivity index (χ3v) is 6.78. The van der Waals surface area contributed by atoms with Crippen LogP contribution in [0.3, 0.4) is 0 Å². The summed E-state index contributed by atoms with van der Waals surface area (Å²) in [6.45, 7) is 3.79. The van der Waals surface area contributed by atoms with Crippen LogP contribution in [-0.2, 0) is 21.3 Å². The van der Waals surface area contributed by atoms with Crippen LogP contribution in [0.15, 0.2) is 46.1 Å². The lowest BCUT2D eigenvalue weighted by molar-refractivity contribution is 0.0600. The van der Waals surface area contributed by atoms with E-state index in [1.54, 1.807) is 6.07 Å². The van der Waals surface area contributed by atoms with Crippen molar-refractivity contribution >= 4 is 27.3 Å². The summed E-state index contributed by atoms with van der Waals surface area (Å²) in [5, 5.41) is 5.23. The summed E-state index contributed by atoms with van der Waals surface area (Å²) in [6.07, 6.45) is 0. The van der Waals surface area contributed by atoms with Gasteiger partial charge >= 0.3 is 5.97 Å². The van der Waals surface area contributed by atoms with Crippen molar-refractivity contribution in [2.75, 3.05) is 13.7 Å². The summed E-state index contributed by atoms with van der Waals surface area (Å²) in [5.74, 6) is -0.552. The van der Waals surface area contributed by atoms with Crippen LogP contribution >= 0.6 is 11.3 Å². The molecule has 158 valence electrons. The number of sulfonamides is 1. The van der Waals surface area contributed by atoms with Crippen LogP contribution in [0, 0.1) is 13.8 Å². The standard InChI is InChI=1S/C19H20N4O5S2/c1-12-18(29-13(2)21-12)16-8-9-17(24)23(22-16)11-10-20-30(26,27)15-6-4-14(5-7-15)19(25)28-3/h4-9,20H,10-11H2,1-3H3. The molecular formula is C19H20N4O5S2. The van der Waals surface area contributed by atoms with Crippen LogP contribution in [0.25, 0.3) is 10.6 Å². The molecule has 0 saturated carbocycles. The summed E-state index contributed by atoms with van der Waals surface area (Å²) in [6, 6.07) is 8.40. The molecule has 0 saturated heterocycles. The van der Waals surface area contributed by atoms with Gasteiger partial charge in [0.1, 0.15) is 5.69 Å². The van der Waals surface area contributed by atoms with E-state index in [9.17, 15) is 18.0 Å². The normalized spacial score (nSPS) is 11.4. The Morgan fingerprint density at radius 1 is 1.17 bits per heavy atom. The van der Waals surface area contributed by atoms with Crippen LogP contribution in [-0.4, -0.2) is 42.8 Å². The molecule has 11 heteroatoms. The van der Waals surface area contributed by atoms with Crippen molar-refractivity contribution in [2.45, 2.75) is 25.3 Å². The highest BCUT2D eigenvalue weighted by Crippen LogP contribution is 2.27. The first-order chi connectivity index (χ1) is 14.2. The minimum absolute atomic E-state index is 0.0000279. The molecule has 3 rings (SSSR count). The zero-order chi connectivity index (χ0) is 21.9. The lowest BCUT2D eigenvalue weighted by atomic mass is 10.2. The third kappa shape index (κ3) is 4.81. The molecule has 0 aliphatic carbocycles. The fourth-order valence-electron chi connectivity index (χ4n) is 2.76. The van der Waals surface area contributed by atoms with Crippen molar-refractivity contribution in [3.63, 3.8) is 0 Å². The van der Waals surface area contributed by atoms with Crippen LogP contribution < -0.4 is 10.3 Å². The number of hydrogen-bond donors (Lipinski definition) is 1. The minimum Gasteiger partial charge on any atom is -0.465 e. The van der Waals surface area contributed by atoms with Crippen molar-refractivity contribution < 1.29 is 17.9 Å². The number of aryl methyl sites for hydroxylation is 2. The summed E-state index contributed by atoms with van der Waals surface area (Å²) < 4.78 is 33.1. The number of esters is 1. The summed E-state index contributed by atoms with van der Waals surface area (Å²) in [4.78, 5) is 28.8. The summed E-state index contributed by atoms with van der Waals surface area (Å²) >= 11 is 1.48. The SMILES string of the molecule is COC(=O)c1ccc(S(=O)(=O)NCCn2nc(-c3sc(C)nc3C)ccc2=O)cc1. The molecule has 3 aromatic rings. The Hall–Kier alpha value is -2.89. The van der Waals surface area contributed by atoms with Gasteiger partial charge in [0, 0.05) is 12.6 Å². The average Bonchev–Trinajstić information content (AvgIpc) is 3.06. The van der Waals surface area contributed by atoms with E-state index in [4.69, 9.17) is 0 Å². The van der Waals surface area contributed by atoms with Crippen molar-refractivity contribution in [2.24, 2.45) is 0 Å². The van der Waals surface area contributed by atoms with Crippen LogP contribution in [0.4, 0.5) is 0 Å². The molecule has 9 nitrogen and oxygen atoms in total. The predicted molar refractivity (Wildman–Crippen MR) is 112 cm³/mol. The Morgan fingerprint density at radius 3 is 2.47 bits per heavy atom. The molecule has 1 N–H and O–H groups in total. The number of hydrogen-bond acceptors (Lipinski definition) is 8. The van der Waals surface area contributed by atoms with Gasteiger partial charge in [0.25, 0.3) is 5.56 Å². The van der Waals surface area contributed by atoms with E-state index in [0.29, 0.717) is 5.69 Å². The van der Waals surface area contributed by atoms with Crippen molar-refractivity contribution in [3.8, 4) is 10.6 Å². The highest BCUT2D eigenvalue weighted by Gasteiger charge is 2.16. The van der Waals surface area contributed by atoms with E-state index < -0.39 is 16.0 Å². The quantitative estimate of drug-likeness (QED) is 0.547. The minimum atomic E-state index is -3.81. The number of nitrogens with one attached hydrogen (secondary N) is 1. The molecule has 0 amide bonds. The number of nitrogens with zero attached hydrogens (tertiary/aromatic N) is 3. The first-order valence-electron chi connectivity index (χ1n) is 8.92. The Balaban J connectivity index is 1.71. The van der Waals surface area contributed by atoms with E-state index in [1.165, 1.54) is 53.5 Å². The highest BCUT2D eigenvalue weighted by molar-refractivity contribution is 7.89. The Morgan fingerprint density at radius 2 is 1.87 bits per heavy atom. The molecule has 0 aliphatic heterocycles. The summed E-state index contributed by atoms with van der Waals surface area (Å²) in [5.41, 5.74) is 1.35. The van der Waals surface area contributed by atoms with E-state index in [2.05, 4.69) is 19.5 Å². The second-order valence-electron chi connectivity index (χ2n) is 6.34. The van der Waals surface area contributed by atoms with Crippen molar-refractivity contribution in [1.29, 1.82) is 0 Å². The number of thiazole rings is 1. The van der Waals surface area contributed by atoms with E-state index in [1.807, 2.05) is 13.8 Å². The monoisotopic (exact) mass is 448 g/mol. The predicted octanol–water partition coefficient (Wildman–Crippen LogP) is 1.75. The second kappa shape index (κ2) is 8.86. The molecule has 0 fully saturated rings. The zero-order valence-corrected chi connectivity index (χ0v) is 18.2. The number of methoxy groups -OCH3 is 1. The first-order valence-corrected chi connectivity index (χ1v) is 11.2. The highest BCUT2D eigenvalue weighted by atomic mass is 32.2. The van der Waals surface area contributed by atoms with Crippen LogP contribution in [0.5, 0.6) is 0 Å². The molecule has 2 aromatic heterocycles. The molecular weight excluding hydrogens is 428 g/mol. The van der Waals surface area contributed by atoms with Gasteiger partial charge in [0.2, 0.25) is 10.0 Å². The lowest BCUT2D eigenvalue weighted by Crippen LogP contribution is -2.32. The maximum atomic E-state index is 12.5. The number of aromatic nitrogens is 3. The third-order valence-electron chi connectivity index (χ3n) is 4.20. The molecule has 1 aromatic carbocycles. The molecule has 0 spiro atoms. The lowest BCUT2D eigenvalue weighted by Gasteiger charge is -2.09. The number of ether oxygens (including phenoxy) is 1. The fourth-order valence-corrected chi connectivity index (χ4v) is 4.66. The molecule has 0 aliphatic rings.